The van der Waals surface area contributed by atoms with Crippen molar-refractivity contribution in [2.24, 2.45) is 0 Å². The van der Waals surface area contributed by atoms with Crippen LogP contribution in [0.25, 0.3) is 16.9 Å². The first kappa shape index (κ1) is 26.2. The minimum absolute atomic E-state index is 0.118. The van der Waals surface area contributed by atoms with Crippen LogP contribution in [0.5, 0.6) is 0 Å². The highest BCUT2D eigenvalue weighted by atomic mass is 19.1. The Labute approximate surface area is 217 Å². The molecule has 0 aliphatic heterocycles. The number of nitrogens with one attached hydrogen (secondary N) is 3. The van der Waals surface area contributed by atoms with Gasteiger partial charge >= 0.3 is 0 Å². The van der Waals surface area contributed by atoms with E-state index < -0.39 is 24.2 Å². The summed E-state index contributed by atoms with van der Waals surface area (Å²) in [5, 5.41) is 31.4. The van der Waals surface area contributed by atoms with E-state index in [1.807, 2.05) is 6.07 Å². The largest absolute Gasteiger partial charge is 0.387 e. The van der Waals surface area contributed by atoms with Gasteiger partial charge in [-0.1, -0.05) is 0 Å². The van der Waals surface area contributed by atoms with Crippen LogP contribution in [0, 0.1) is 11.3 Å². The highest BCUT2D eigenvalue weighted by Crippen LogP contribution is 2.27. The Morgan fingerprint density at radius 3 is 2.58 bits per heavy atom. The lowest BCUT2D eigenvalue weighted by Crippen LogP contribution is -2.42. The molecule has 4 heterocycles. The average Bonchev–Trinajstić information content (AvgIpc) is 3.34. The smallest absolute Gasteiger partial charge is 0.269 e. The number of fused-ring (bicyclic) bond motifs is 1. The predicted molar refractivity (Wildman–Crippen MR) is 138 cm³/mol. The van der Waals surface area contributed by atoms with Crippen molar-refractivity contribution in [1.82, 2.24) is 30.2 Å². The molecule has 0 saturated carbocycles. The molecule has 194 valence electrons. The van der Waals surface area contributed by atoms with Crippen LogP contribution < -0.4 is 16.0 Å². The van der Waals surface area contributed by atoms with Crippen molar-refractivity contribution in [3.05, 3.63) is 71.8 Å². The minimum Gasteiger partial charge on any atom is -0.387 e. The average molecular weight is 517 g/mol. The number of halogens is 1. The number of carbonyl (C=O) groups excluding carboxylic acids is 2. The Morgan fingerprint density at radius 2 is 1.92 bits per heavy atom. The topological polar surface area (TPSA) is 157 Å². The summed E-state index contributed by atoms with van der Waals surface area (Å²) in [7, 11) is 1.50. The van der Waals surface area contributed by atoms with Gasteiger partial charge in [0.05, 0.1) is 63.9 Å². The third kappa shape index (κ3) is 5.58. The van der Waals surface area contributed by atoms with Crippen LogP contribution in [-0.4, -0.2) is 61.9 Å². The van der Waals surface area contributed by atoms with Gasteiger partial charge in [-0.3, -0.25) is 14.6 Å². The maximum absolute atomic E-state index is 14.3. The summed E-state index contributed by atoms with van der Waals surface area (Å²) in [5.41, 5.74) is 1.71. The quantitative estimate of drug-likeness (QED) is 0.278. The molecule has 38 heavy (non-hydrogen) atoms. The number of alkyl halides is 1. The van der Waals surface area contributed by atoms with Crippen molar-refractivity contribution in [1.29, 1.82) is 5.26 Å². The molecule has 4 N–H and O–H groups in total. The van der Waals surface area contributed by atoms with Gasteiger partial charge in [0.1, 0.15) is 17.9 Å². The number of aromatic nitrogens is 4. The van der Waals surface area contributed by atoms with E-state index in [-0.39, 0.29) is 17.2 Å². The molecular formula is C26H25FN8O3. The summed E-state index contributed by atoms with van der Waals surface area (Å²) in [5.74, 6) is -0.951. The van der Waals surface area contributed by atoms with Gasteiger partial charge < -0.3 is 21.1 Å². The van der Waals surface area contributed by atoms with Crippen molar-refractivity contribution in [3.8, 4) is 17.5 Å². The Hall–Kier alpha value is -4.89. The van der Waals surface area contributed by atoms with E-state index in [1.165, 1.54) is 45.6 Å². The second-order valence-electron chi connectivity index (χ2n) is 8.99. The van der Waals surface area contributed by atoms with Gasteiger partial charge in [-0.25, -0.2) is 13.9 Å². The number of hydrogen-bond acceptors (Lipinski definition) is 8. The number of anilines is 2. The Morgan fingerprint density at radius 1 is 1.13 bits per heavy atom. The van der Waals surface area contributed by atoms with E-state index in [0.717, 1.165) is 0 Å². The number of aliphatic hydroxyl groups is 1. The van der Waals surface area contributed by atoms with Gasteiger partial charge in [0, 0.05) is 13.2 Å². The molecule has 4 aromatic heterocycles. The van der Waals surface area contributed by atoms with Gasteiger partial charge in [-0.2, -0.15) is 10.4 Å². The Kier molecular flexibility index (Phi) is 7.31. The Bertz CT molecular complexity index is 1540. The van der Waals surface area contributed by atoms with E-state index >= 15 is 0 Å². The molecule has 0 spiro atoms. The first-order valence-electron chi connectivity index (χ1n) is 11.6. The summed E-state index contributed by atoms with van der Waals surface area (Å²) >= 11 is 0. The lowest BCUT2D eigenvalue weighted by molar-refractivity contribution is -0.00177. The van der Waals surface area contributed by atoms with Crippen LogP contribution in [0.15, 0.2) is 55.0 Å². The fraction of sp³-hybridized carbons (Fsp3) is 0.231. The number of nitriles is 1. The molecule has 4 aromatic rings. The van der Waals surface area contributed by atoms with Crippen molar-refractivity contribution in [2.75, 3.05) is 18.9 Å². The molecule has 2 amide bonds. The van der Waals surface area contributed by atoms with E-state index in [2.05, 4.69) is 31.0 Å². The van der Waals surface area contributed by atoms with E-state index in [0.29, 0.717) is 33.8 Å². The monoisotopic (exact) mass is 516 g/mol. The van der Waals surface area contributed by atoms with E-state index in [9.17, 15) is 19.1 Å². The third-order valence-electron chi connectivity index (χ3n) is 5.75. The van der Waals surface area contributed by atoms with Crippen molar-refractivity contribution in [2.45, 2.75) is 25.6 Å². The van der Waals surface area contributed by atoms with Gasteiger partial charge in [-0.15, -0.1) is 0 Å². The molecule has 0 radical (unpaired) electrons. The lowest BCUT2D eigenvalue weighted by atomic mass is 10.0. The first-order valence-corrected chi connectivity index (χ1v) is 11.6. The second kappa shape index (κ2) is 10.6. The molecule has 0 fully saturated rings. The molecule has 0 bridgehead atoms. The van der Waals surface area contributed by atoms with Crippen LogP contribution in [0.4, 0.5) is 15.8 Å². The molecule has 11 nitrogen and oxygen atoms in total. The number of rotatable bonds is 8. The zero-order valence-electron chi connectivity index (χ0n) is 20.9. The fourth-order valence-electron chi connectivity index (χ4n) is 3.55. The highest BCUT2D eigenvalue weighted by molar-refractivity contribution is 6.00. The summed E-state index contributed by atoms with van der Waals surface area (Å²) < 4.78 is 15.9. The molecule has 0 aliphatic rings. The zero-order chi connectivity index (χ0) is 27.4. The van der Waals surface area contributed by atoms with Crippen LogP contribution in [0.3, 0.4) is 0 Å². The van der Waals surface area contributed by atoms with Crippen LogP contribution >= 0.6 is 0 Å². The molecule has 1 atom stereocenters. The maximum Gasteiger partial charge on any atom is 0.269 e. The SMILES string of the molecule is CNC(=O)c1ccc(Nc2cc(-c3ccc4cc(C#N)cnn34)ncc2C(=O)NCC(F)C(C)(C)O)cn1. The summed E-state index contributed by atoms with van der Waals surface area (Å²) in [6.07, 6.45) is 2.54. The number of nitrogens with zero attached hydrogens (tertiary/aromatic N) is 5. The van der Waals surface area contributed by atoms with Crippen LogP contribution in [0.1, 0.15) is 40.3 Å². The zero-order valence-corrected chi connectivity index (χ0v) is 20.9. The van der Waals surface area contributed by atoms with E-state index in [1.54, 1.807) is 34.8 Å². The first-order chi connectivity index (χ1) is 18.1. The highest BCUT2D eigenvalue weighted by Gasteiger charge is 2.27. The molecule has 0 saturated heterocycles. The van der Waals surface area contributed by atoms with Gasteiger partial charge in [-0.05, 0) is 50.2 Å². The number of hydrogen-bond donors (Lipinski definition) is 4. The third-order valence-corrected chi connectivity index (χ3v) is 5.75. The van der Waals surface area contributed by atoms with Gasteiger partial charge in [0.15, 0.2) is 0 Å². The van der Waals surface area contributed by atoms with Crippen LogP contribution in [0.2, 0.25) is 0 Å². The fourth-order valence-corrected chi connectivity index (χ4v) is 3.55. The maximum atomic E-state index is 14.3. The molecule has 0 aromatic carbocycles. The Balaban J connectivity index is 1.70. The summed E-state index contributed by atoms with van der Waals surface area (Å²) in [4.78, 5) is 33.4. The number of pyridine rings is 2. The molecule has 4 rings (SSSR count). The van der Waals surface area contributed by atoms with Gasteiger partial charge in [0.2, 0.25) is 0 Å². The lowest BCUT2D eigenvalue weighted by Gasteiger charge is -2.22. The van der Waals surface area contributed by atoms with Crippen molar-refractivity contribution >= 4 is 28.7 Å². The summed E-state index contributed by atoms with van der Waals surface area (Å²) in [6.45, 7) is 2.23. The summed E-state index contributed by atoms with van der Waals surface area (Å²) in [6, 6.07) is 12.1. The molecular weight excluding hydrogens is 491 g/mol. The van der Waals surface area contributed by atoms with Crippen molar-refractivity contribution in [3.63, 3.8) is 0 Å². The van der Waals surface area contributed by atoms with E-state index in [4.69, 9.17) is 5.26 Å². The molecule has 1 unspecified atom stereocenters. The van der Waals surface area contributed by atoms with Crippen LogP contribution in [-0.2, 0) is 0 Å². The predicted octanol–water partition coefficient (Wildman–Crippen LogP) is 2.60. The second-order valence-corrected chi connectivity index (χ2v) is 8.99. The number of amides is 2. The normalized spacial score (nSPS) is 12.0. The standard InChI is InChI=1S/C26H25FN8O3/c1-26(2,38)23(27)14-32-24(36)18-13-31-21(22-7-5-17-8-15(10-28)11-33-35(17)22)9-20(18)34-16-4-6-19(30-12-16)25(37)29-3/h4-9,11-13,23,38H,14H2,1-3H3,(H,29,37)(H,31,34)(H,32,36). The van der Waals surface area contributed by atoms with Crippen molar-refractivity contribution < 1.29 is 19.1 Å². The number of carbonyl (C=O) groups is 2. The minimum atomic E-state index is -1.69. The molecule has 0 aliphatic carbocycles. The van der Waals surface area contributed by atoms with Gasteiger partial charge in [0.25, 0.3) is 11.8 Å². The molecule has 12 heteroatoms.